The maximum atomic E-state index is 9.81. The van der Waals surface area contributed by atoms with Crippen LogP contribution in [0.2, 0.25) is 0 Å². The van der Waals surface area contributed by atoms with Crippen LogP contribution in [-0.4, -0.2) is 9.97 Å². The smallest absolute Gasteiger partial charge is 0.160 e. The van der Waals surface area contributed by atoms with Crippen LogP contribution in [0.5, 0.6) is 0 Å². The maximum Gasteiger partial charge on any atom is 0.160 e. The van der Waals surface area contributed by atoms with Gasteiger partial charge in [-0.05, 0) is 57.1 Å². The Morgan fingerprint density at radius 3 is 1.57 bits per heavy atom. The third kappa shape index (κ3) is 5.01. The number of rotatable bonds is 5. The molecule has 1 aliphatic carbocycles. The minimum atomic E-state index is -0.183. The van der Waals surface area contributed by atoms with Gasteiger partial charge in [0.2, 0.25) is 0 Å². The number of nitrogens with zero attached hydrogens (tertiary/aromatic N) is 3. The molecule has 0 amide bonds. The van der Waals surface area contributed by atoms with Crippen molar-refractivity contribution >= 4 is 0 Å². The molecule has 0 unspecified atom stereocenters. The summed E-state index contributed by atoms with van der Waals surface area (Å²) in [4.78, 5) is 10.0. The summed E-state index contributed by atoms with van der Waals surface area (Å²) in [6.07, 6.45) is 0. The molecule has 7 aromatic rings. The third-order valence-corrected chi connectivity index (χ3v) is 9.38. The molecule has 1 aromatic heterocycles. The highest BCUT2D eigenvalue weighted by molar-refractivity contribution is 5.87. The highest BCUT2D eigenvalue weighted by Gasteiger charge is 2.36. The van der Waals surface area contributed by atoms with Crippen molar-refractivity contribution in [2.45, 2.75) is 19.3 Å². The van der Waals surface area contributed by atoms with Crippen molar-refractivity contribution in [1.29, 1.82) is 5.26 Å². The van der Waals surface area contributed by atoms with E-state index in [1.54, 1.807) is 0 Å². The number of nitriles is 1. The Bertz CT molecular complexity index is 2300. The first-order chi connectivity index (χ1) is 23.0. The van der Waals surface area contributed by atoms with E-state index in [0.717, 1.165) is 55.9 Å². The van der Waals surface area contributed by atoms with Crippen LogP contribution in [0.1, 0.15) is 30.5 Å². The van der Waals surface area contributed by atoms with Gasteiger partial charge in [0.05, 0.1) is 23.0 Å². The van der Waals surface area contributed by atoms with Gasteiger partial charge in [-0.1, -0.05) is 147 Å². The summed E-state index contributed by atoms with van der Waals surface area (Å²) >= 11 is 0. The molecule has 222 valence electrons. The van der Waals surface area contributed by atoms with E-state index in [0.29, 0.717) is 5.82 Å². The molecule has 1 heterocycles. The van der Waals surface area contributed by atoms with Crippen LogP contribution in [0.25, 0.3) is 67.3 Å². The lowest BCUT2D eigenvalue weighted by atomic mass is 9.81. The van der Waals surface area contributed by atoms with Gasteiger partial charge in [0.15, 0.2) is 5.82 Å². The summed E-state index contributed by atoms with van der Waals surface area (Å²) in [5.41, 5.74) is 14.7. The van der Waals surface area contributed by atoms with Crippen molar-refractivity contribution in [3.05, 3.63) is 168 Å². The number of benzene rings is 6. The molecule has 1 aliphatic rings. The SMILES string of the molecule is CC1(C)c2cc(-c3ccc(-c4cc(-c5ccc(-c6ccccc6)cc5)nc(-c5ccccc5)n4)cc3)ccc2-c2c(C#N)cccc21. The van der Waals surface area contributed by atoms with Gasteiger partial charge in [-0.25, -0.2) is 9.97 Å². The standard InChI is InChI=1S/C44H31N3/c1-44(2)38-15-9-14-36(28-45)42(38)37-25-24-35(26-39(37)44)31-18-22-33(23-19-31)41-27-40(46-43(47-41)34-12-7-4-8-13-34)32-20-16-30(17-21-32)29-10-5-3-6-11-29/h3-27H,1-2H3. The van der Waals surface area contributed by atoms with Crippen LogP contribution >= 0.6 is 0 Å². The van der Waals surface area contributed by atoms with Gasteiger partial charge in [0.1, 0.15) is 0 Å². The Kier molecular flexibility index (Phi) is 6.85. The fourth-order valence-electron chi connectivity index (χ4n) is 6.82. The first kappa shape index (κ1) is 28.4. The summed E-state index contributed by atoms with van der Waals surface area (Å²) in [5.74, 6) is 0.700. The monoisotopic (exact) mass is 601 g/mol. The Labute approximate surface area is 275 Å². The molecule has 3 heteroatoms. The average molecular weight is 602 g/mol. The van der Waals surface area contributed by atoms with E-state index in [1.165, 1.54) is 22.3 Å². The van der Waals surface area contributed by atoms with Crippen LogP contribution in [0.4, 0.5) is 0 Å². The first-order valence-corrected chi connectivity index (χ1v) is 15.9. The number of aromatic nitrogens is 2. The average Bonchev–Trinajstić information content (AvgIpc) is 3.38. The van der Waals surface area contributed by atoms with E-state index in [1.807, 2.05) is 36.4 Å². The van der Waals surface area contributed by atoms with E-state index in [-0.39, 0.29) is 5.41 Å². The van der Waals surface area contributed by atoms with Crippen molar-refractivity contribution < 1.29 is 0 Å². The van der Waals surface area contributed by atoms with Crippen LogP contribution in [-0.2, 0) is 5.41 Å². The first-order valence-electron chi connectivity index (χ1n) is 15.9. The zero-order valence-corrected chi connectivity index (χ0v) is 26.3. The van der Waals surface area contributed by atoms with Crippen molar-refractivity contribution in [2.75, 3.05) is 0 Å². The molecule has 0 N–H and O–H groups in total. The predicted octanol–water partition coefficient (Wildman–Crippen LogP) is 11.0. The summed E-state index contributed by atoms with van der Waals surface area (Å²) in [7, 11) is 0. The quantitative estimate of drug-likeness (QED) is 0.197. The van der Waals surface area contributed by atoms with Crippen LogP contribution in [0.3, 0.4) is 0 Å². The topological polar surface area (TPSA) is 49.6 Å². The molecule has 0 fully saturated rings. The molecule has 0 aliphatic heterocycles. The molecular formula is C44H31N3. The van der Waals surface area contributed by atoms with Crippen molar-refractivity contribution in [3.8, 4) is 73.4 Å². The Hall–Kier alpha value is -6.11. The molecule has 3 nitrogen and oxygen atoms in total. The van der Waals surface area contributed by atoms with Crippen molar-refractivity contribution in [2.24, 2.45) is 0 Å². The van der Waals surface area contributed by atoms with Crippen molar-refractivity contribution in [1.82, 2.24) is 9.97 Å². The van der Waals surface area contributed by atoms with Gasteiger partial charge in [-0.15, -0.1) is 0 Å². The highest BCUT2D eigenvalue weighted by Crippen LogP contribution is 2.50. The van der Waals surface area contributed by atoms with Crippen LogP contribution in [0, 0.1) is 11.3 Å². The molecule has 0 saturated heterocycles. The number of fused-ring (bicyclic) bond motifs is 3. The molecule has 6 aromatic carbocycles. The van der Waals surface area contributed by atoms with E-state index >= 15 is 0 Å². The minimum Gasteiger partial charge on any atom is -0.228 e. The van der Waals surface area contributed by atoms with E-state index < -0.39 is 0 Å². The minimum absolute atomic E-state index is 0.183. The second kappa shape index (κ2) is 11.4. The predicted molar refractivity (Wildman–Crippen MR) is 191 cm³/mol. The van der Waals surface area contributed by atoms with Crippen LogP contribution in [0.15, 0.2) is 152 Å². The molecule has 0 atom stereocenters. The van der Waals surface area contributed by atoms with E-state index in [9.17, 15) is 5.26 Å². The Morgan fingerprint density at radius 1 is 0.468 bits per heavy atom. The summed E-state index contributed by atoms with van der Waals surface area (Å²) in [6.45, 7) is 4.50. The van der Waals surface area contributed by atoms with Gasteiger partial charge in [0.25, 0.3) is 0 Å². The molecule has 0 bridgehead atoms. The molecule has 0 radical (unpaired) electrons. The normalized spacial score (nSPS) is 12.6. The zero-order chi connectivity index (χ0) is 32.0. The van der Waals surface area contributed by atoms with Gasteiger partial charge in [-0.2, -0.15) is 5.26 Å². The van der Waals surface area contributed by atoms with Gasteiger partial charge < -0.3 is 0 Å². The van der Waals surface area contributed by atoms with Crippen LogP contribution < -0.4 is 0 Å². The third-order valence-electron chi connectivity index (χ3n) is 9.38. The largest absolute Gasteiger partial charge is 0.228 e. The molecule has 0 spiro atoms. The number of hydrogen-bond acceptors (Lipinski definition) is 3. The molecule has 47 heavy (non-hydrogen) atoms. The lowest BCUT2D eigenvalue weighted by Gasteiger charge is -2.22. The summed E-state index contributed by atoms with van der Waals surface area (Å²) < 4.78 is 0. The molecule has 0 saturated carbocycles. The zero-order valence-electron chi connectivity index (χ0n) is 26.3. The molecule has 8 rings (SSSR count). The number of hydrogen-bond donors (Lipinski definition) is 0. The molecular weight excluding hydrogens is 571 g/mol. The Balaban J connectivity index is 1.16. The lowest BCUT2D eigenvalue weighted by Crippen LogP contribution is -2.15. The summed E-state index contributed by atoms with van der Waals surface area (Å²) in [5, 5.41) is 9.81. The van der Waals surface area contributed by atoms with Gasteiger partial charge in [-0.3, -0.25) is 0 Å². The maximum absolute atomic E-state index is 9.81. The highest BCUT2D eigenvalue weighted by atomic mass is 14.9. The van der Waals surface area contributed by atoms with E-state index in [4.69, 9.17) is 9.97 Å². The second-order valence-electron chi connectivity index (χ2n) is 12.6. The van der Waals surface area contributed by atoms with Gasteiger partial charge >= 0.3 is 0 Å². The Morgan fingerprint density at radius 2 is 0.979 bits per heavy atom. The second-order valence-corrected chi connectivity index (χ2v) is 12.6. The lowest BCUT2D eigenvalue weighted by molar-refractivity contribution is 0.660. The van der Waals surface area contributed by atoms with Gasteiger partial charge in [0, 0.05) is 27.7 Å². The fourth-order valence-corrected chi connectivity index (χ4v) is 6.82. The fraction of sp³-hybridized carbons (Fsp3) is 0.0682. The van der Waals surface area contributed by atoms with Crippen molar-refractivity contribution in [3.63, 3.8) is 0 Å². The summed E-state index contributed by atoms with van der Waals surface area (Å²) in [6, 6.07) is 55.0. The van der Waals surface area contributed by atoms with E-state index in [2.05, 4.69) is 135 Å².